The summed E-state index contributed by atoms with van der Waals surface area (Å²) in [5.41, 5.74) is 0.710. The zero-order valence-corrected chi connectivity index (χ0v) is 19.0. The lowest BCUT2D eigenvalue weighted by atomic mass is 9.67. The van der Waals surface area contributed by atoms with Crippen LogP contribution < -0.4 is 5.32 Å². The van der Waals surface area contributed by atoms with E-state index in [0.29, 0.717) is 13.1 Å². The smallest absolute Gasteiger partial charge is 0.243 e. The summed E-state index contributed by atoms with van der Waals surface area (Å²) in [4.78, 5) is 12.2. The van der Waals surface area contributed by atoms with Gasteiger partial charge in [-0.15, -0.1) is 0 Å². The first-order valence-corrected chi connectivity index (χ1v) is 11.3. The predicted octanol–water partition coefficient (Wildman–Crippen LogP) is 2.81. The number of nitrogens with zero attached hydrogens (tertiary/aromatic N) is 3. The van der Waals surface area contributed by atoms with E-state index in [1.54, 1.807) is 29.1 Å². The van der Waals surface area contributed by atoms with Crippen molar-refractivity contribution < 1.29 is 13.2 Å². The van der Waals surface area contributed by atoms with E-state index in [-0.39, 0.29) is 16.8 Å². The van der Waals surface area contributed by atoms with Crippen molar-refractivity contribution in [3.8, 4) is 11.3 Å². The number of aromatic nitrogens is 2. The Kier molecular flexibility index (Phi) is 5.68. The number of aryl methyl sites for hydroxylation is 1. The Balaban J connectivity index is 1.95. The third-order valence-electron chi connectivity index (χ3n) is 5.79. The fourth-order valence-electron chi connectivity index (χ4n) is 4.59. The molecule has 0 spiro atoms. The minimum absolute atomic E-state index is 0.192. The lowest BCUT2D eigenvalue weighted by molar-refractivity contribution is -0.120. The second-order valence-corrected chi connectivity index (χ2v) is 11.2. The first-order chi connectivity index (χ1) is 13.9. The Morgan fingerprint density at radius 2 is 1.83 bits per heavy atom. The van der Waals surface area contributed by atoms with E-state index in [1.165, 1.54) is 10.4 Å². The van der Waals surface area contributed by atoms with Crippen LogP contribution in [0.5, 0.6) is 0 Å². The van der Waals surface area contributed by atoms with E-state index in [9.17, 15) is 13.2 Å². The van der Waals surface area contributed by atoms with Crippen LogP contribution in [0, 0.1) is 10.8 Å². The van der Waals surface area contributed by atoms with Gasteiger partial charge < -0.3 is 5.32 Å². The molecule has 1 N–H and O–H groups in total. The number of hydrogen-bond acceptors (Lipinski definition) is 4. The number of carbonyl (C=O) groups is 1. The molecule has 1 fully saturated rings. The highest BCUT2D eigenvalue weighted by Gasteiger charge is 2.50. The third kappa shape index (κ3) is 4.06. The van der Waals surface area contributed by atoms with Crippen molar-refractivity contribution >= 4 is 15.9 Å². The first-order valence-electron chi connectivity index (χ1n) is 9.90. The molecule has 1 amide bonds. The minimum Gasteiger partial charge on any atom is -0.349 e. The molecule has 0 bridgehead atoms. The van der Waals surface area contributed by atoms with Gasteiger partial charge in [0.05, 0.1) is 10.6 Å². The largest absolute Gasteiger partial charge is 0.349 e. The molecule has 1 aromatic carbocycles. The zero-order chi connectivity index (χ0) is 22.3. The normalized spacial score (nSPS) is 19.4. The quantitative estimate of drug-likeness (QED) is 0.740. The maximum atomic E-state index is 13.6. The van der Waals surface area contributed by atoms with Crippen LogP contribution in [0.4, 0.5) is 0 Å². The molecule has 1 saturated heterocycles. The summed E-state index contributed by atoms with van der Waals surface area (Å²) in [5.74, 6) is -0.249. The molecule has 7 nitrogen and oxygen atoms in total. The van der Waals surface area contributed by atoms with Gasteiger partial charge in [0.1, 0.15) is 0 Å². The van der Waals surface area contributed by atoms with Gasteiger partial charge in [0, 0.05) is 37.9 Å². The van der Waals surface area contributed by atoms with Crippen molar-refractivity contribution in [2.75, 3.05) is 13.1 Å². The second-order valence-electron chi connectivity index (χ2n) is 9.26. The molecule has 8 heteroatoms. The molecule has 2 aromatic rings. The van der Waals surface area contributed by atoms with Gasteiger partial charge in [0.25, 0.3) is 0 Å². The topological polar surface area (TPSA) is 84.3 Å². The average molecular weight is 431 g/mol. The van der Waals surface area contributed by atoms with Gasteiger partial charge in [-0.3, -0.25) is 9.48 Å². The van der Waals surface area contributed by atoms with Gasteiger partial charge in [0.15, 0.2) is 0 Å². The van der Waals surface area contributed by atoms with Crippen LogP contribution in [-0.4, -0.2) is 47.5 Å². The van der Waals surface area contributed by atoms with E-state index in [0.717, 1.165) is 11.3 Å². The van der Waals surface area contributed by atoms with Crippen molar-refractivity contribution in [2.45, 2.75) is 38.6 Å². The number of nitrogens with one attached hydrogen (secondary N) is 1. The fraction of sp³-hybridized carbons (Fsp3) is 0.455. The number of benzene rings is 1. The number of amides is 1. The van der Waals surface area contributed by atoms with Crippen LogP contribution in [0.1, 0.15) is 27.7 Å². The van der Waals surface area contributed by atoms with Crippen molar-refractivity contribution in [1.29, 1.82) is 0 Å². The lowest BCUT2D eigenvalue weighted by Crippen LogP contribution is -2.64. The highest BCUT2D eigenvalue weighted by atomic mass is 32.2. The summed E-state index contributed by atoms with van der Waals surface area (Å²) in [5, 5.41) is 7.17. The Morgan fingerprint density at radius 1 is 1.20 bits per heavy atom. The molecule has 1 aliphatic heterocycles. The monoisotopic (exact) mass is 430 g/mol. The van der Waals surface area contributed by atoms with Gasteiger partial charge in [-0.1, -0.05) is 46.4 Å². The Hall–Kier alpha value is -2.45. The summed E-state index contributed by atoms with van der Waals surface area (Å²) in [6, 6.07) is 8.61. The first kappa shape index (κ1) is 22.2. The maximum Gasteiger partial charge on any atom is 0.243 e. The van der Waals surface area contributed by atoms with Crippen LogP contribution in [0.3, 0.4) is 0 Å². The van der Waals surface area contributed by atoms with Crippen LogP contribution >= 0.6 is 0 Å². The van der Waals surface area contributed by atoms with Gasteiger partial charge >= 0.3 is 0 Å². The van der Waals surface area contributed by atoms with E-state index in [2.05, 4.69) is 17.0 Å². The van der Waals surface area contributed by atoms with Crippen LogP contribution in [0.2, 0.25) is 0 Å². The number of carbonyl (C=O) groups excluding carboxylic acids is 1. The molecular weight excluding hydrogens is 400 g/mol. The maximum absolute atomic E-state index is 13.6. The van der Waals surface area contributed by atoms with Gasteiger partial charge in [-0.05, 0) is 35.1 Å². The van der Waals surface area contributed by atoms with Crippen molar-refractivity contribution in [1.82, 2.24) is 19.4 Å². The van der Waals surface area contributed by atoms with E-state index in [1.807, 2.05) is 46.9 Å². The van der Waals surface area contributed by atoms with E-state index < -0.39 is 20.9 Å². The third-order valence-corrected chi connectivity index (χ3v) is 7.58. The molecular formula is C22H30N4O3S. The molecule has 0 aliphatic carbocycles. The van der Waals surface area contributed by atoms with Crippen LogP contribution in [0.25, 0.3) is 11.3 Å². The van der Waals surface area contributed by atoms with Gasteiger partial charge in [-0.25, -0.2) is 8.42 Å². The van der Waals surface area contributed by atoms with Gasteiger partial charge in [0.2, 0.25) is 15.9 Å². The fourth-order valence-corrected chi connectivity index (χ4v) is 6.42. The molecule has 30 heavy (non-hydrogen) atoms. The van der Waals surface area contributed by atoms with Crippen molar-refractivity contribution in [2.24, 2.45) is 17.9 Å². The molecule has 1 aliphatic rings. The Labute approximate surface area is 178 Å². The number of sulfonamides is 1. The molecule has 1 aromatic heterocycles. The zero-order valence-electron chi connectivity index (χ0n) is 18.2. The summed E-state index contributed by atoms with van der Waals surface area (Å²) < 4.78 is 30.4. The van der Waals surface area contributed by atoms with Crippen molar-refractivity contribution in [3.63, 3.8) is 0 Å². The molecule has 0 atom stereocenters. The lowest BCUT2D eigenvalue weighted by Gasteiger charge is -2.52. The highest BCUT2D eigenvalue weighted by Crippen LogP contribution is 2.42. The Bertz CT molecular complexity index is 1050. The van der Waals surface area contributed by atoms with E-state index >= 15 is 0 Å². The SMILES string of the molecule is C=CC(=O)NC1C(C)(C)CN(S(=O)(=O)c2cccc(-c3ccnn3C)c2)CC1(C)C. The summed E-state index contributed by atoms with van der Waals surface area (Å²) >= 11 is 0. The summed E-state index contributed by atoms with van der Waals surface area (Å²) in [7, 11) is -1.89. The number of piperidine rings is 1. The summed E-state index contributed by atoms with van der Waals surface area (Å²) in [6.45, 7) is 12.1. The molecule has 2 heterocycles. The molecule has 0 radical (unpaired) electrons. The number of rotatable bonds is 5. The average Bonchev–Trinajstić information content (AvgIpc) is 3.09. The highest BCUT2D eigenvalue weighted by molar-refractivity contribution is 7.89. The Morgan fingerprint density at radius 3 is 2.37 bits per heavy atom. The number of hydrogen-bond donors (Lipinski definition) is 1. The van der Waals surface area contributed by atoms with E-state index in [4.69, 9.17) is 0 Å². The predicted molar refractivity (Wildman–Crippen MR) is 117 cm³/mol. The second kappa shape index (κ2) is 7.67. The standard InChI is InChI=1S/C22H30N4O3S/c1-7-19(27)24-20-21(2,3)14-26(15-22(20,4)5)30(28,29)17-10-8-9-16(13-17)18-11-12-23-25(18)6/h7-13,20H,1,14-15H2,2-6H3,(H,24,27). The van der Waals surface area contributed by atoms with Crippen LogP contribution in [-0.2, 0) is 21.9 Å². The van der Waals surface area contributed by atoms with Gasteiger partial charge in [-0.2, -0.15) is 9.40 Å². The molecule has 3 rings (SSSR count). The van der Waals surface area contributed by atoms with Crippen LogP contribution in [0.15, 0.2) is 54.1 Å². The minimum atomic E-state index is -3.72. The molecule has 0 unspecified atom stereocenters. The molecule has 162 valence electrons. The molecule has 0 saturated carbocycles. The summed E-state index contributed by atoms with van der Waals surface area (Å²) in [6.07, 6.45) is 2.93. The van der Waals surface area contributed by atoms with Crippen molar-refractivity contribution in [3.05, 3.63) is 49.2 Å².